The number of benzene rings is 1. The molecule has 1 aromatic carbocycles. The molecule has 0 atom stereocenters. The summed E-state index contributed by atoms with van der Waals surface area (Å²) < 4.78 is 6.93. The molecule has 27 heavy (non-hydrogen) atoms. The van der Waals surface area contributed by atoms with E-state index in [0.29, 0.717) is 10.9 Å². The molecule has 0 amide bonds. The van der Waals surface area contributed by atoms with E-state index in [-0.39, 0.29) is 24.0 Å². The predicted molar refractivity (Wildman–Crippen MR) is 98.8 cm³/mol. The Balaban J connectivity index is 2.02. The van der Waals surface area contributed by atoms with E-state index in [1.165, 1.54) is 11.6 Å². The molecule has 0 aliphatic rings. The third kappa shape index (κ3) is 4.11. The first-order valence-corrected chi connectivity index (χ1v) is 8.39. The van der Waals surface area contributed by atoms with Crippen LogP contribution in [-0.4, -0.2) is 42.2 Å². The zero-order valence-electron chi connectivity index (χ0n) is 15.6. The number of hydrogen-bond acceptors (Lipinski definition) is 6. The van der Waals surface area contributed by atoms with Crippen LogP contribution < -0.4 is 4.74 Å². The van der Waals surface area contributed by atoms with Gasteiger partial charge in [-0.05, 0) is 38.5 Å². The lowest BCUT2D eigenvalue weighted by molar-refractivity contribution is -0.137. The number of carbonyl (C=O) groups excluding carboxylic acids is 1. The van der Waals surface area contributed by atoms with Crippen molar-refractivity contribution in [2.45, 2.75) is 39.8 Å². The molecule has 140 valence electrons. The van der Waals surface area contributed by atoms with Crippen LogP contribution in [0.15, 0.2) is 30.6 Å². The fourth-order valence-corrected chi connectivity index (χ4v) is 2.66. The number of aromatic nitrogens is 4. The first-order chi connectivity index (χ1) is 12.6. The molecule has 0 saturated heterocycles. The second-order valence-corrected chi connectivity index (χ2v) is 7.16. The predicted octanol–water partition coefficient (Wildman–Crippen LogP) is 2.96. The Morgan fingerprint density at radius 1 is 1.15 bits per heavy atom. The second-order valence-electron chi connectivity index (χ2n) is 7.16. The highest BCUT2D eigenvalue weighted by Crippen LogP contribution is 2.27. The van der Waals surface area contributed by atoms with Crippen molar-refractivity contribution in [2.24, 2.45) is 0 Å². The van der Waals surface area contributed by atoms with Gasteiger partial charge in [-0.3, -0.25) is 14.3 Å². The van der Waals surface area contributed by atoms with Gasteiger partial charge in [0.2, 0.25) is 0 Å². The number of fused-ring (bicyclic) bond motifs is 1. The molecule has 0 unspecified atom stereocenters. The SMILES string of the molecule is CC(=O)c1nn(CC(=O)O)c2ccc(-c3cnc(OC(C)(C)C)nc3)cc12. The minimum Gasteiger partial charge on any atom is -0.480 e. The zero-order valence-corrected chi connectivity index (χ0v) is 15.6. The van der Waals surface area contributed by atoms with Gasteiger partial charge in [0.15, 0.2) is 5.78 Å². The normalized spacial score (nSPS) is 11.6. The molecule has 0 radical (unpaired) electrons. The first kappa shape index (κ1) is 18.5. The van der Waals surface area contributed by atoms with Crippen molar-refractivity contribution in [1.29, 1.82) is 0 Å². The van der Waals surface area contributed by atoms with Crippen molar-refractivity contribution in [3.63, 3.8) is 0 Å². The molecular weight excluding hydrogens is 348 g/mol. The number of ketones is 1. The van der Waals surface area contributed by atoms with E-state index in [1.54, 1.807) is 24.5 Å². The van der Waals surface area contributed by atoms with E-state index in [9.17, 15) is 9.59 Å². The Hall–Kier alpha value is -3.29. The Morgan fingerprint density at radius 3 is 2.37 bits per heavy atom. The van der Waals surface area contributed by atoms with Crippen LogP contribution in [0.1, 0.15) is 38.2 Å². The summed E-state index contributed by atoms with van der Waals surface area (Å²) in [4.78, 5) is 31.4. The zero-order chi connectivity index (χ0) is 19.8. The lowest BCUT2D eigenvalue weighted by atomic mass is 10.0. The summed E-state index contributed by atoms with van der Waals surface area (Å²) in [6.45, 7) is 6.83. The maximum atomic E-state index is 11.9. The summed E-state index contributed by atoms with van der Waals surface area (Å²) in [5.74, 6) is -1.26. The van der Waals surface area contributed by atoms with Crippen LogP contribution in [0.5, 0.6) is 6.01 Å². The van der Waals surface area contributed by atoms with Crippen LogP contribution in [0.25, 0.3) is 22.0 Å². The molecule has 0 aliphatic carbocycles. The van der Waals surface area contributed by atoms with Gasteiger partial charge in [-0.2, -0.15) is 5.10 Å². The van der Waals surface area contributed by atoms with Crippen molar-refractivity contribution in [3.05, 3.63) is 36.3 Å². The molecule has 0 fully saturated rings. The molecule has 2 aromatic heterocycles. The van der Waals surface area contributed by atoms with E-state index in [4.69, 9.17) is 9.84 Å². The van der Waals surface area contributed by atoms with E-state index in [1.807, 2.05) is 26.8 Å². The molecule has 3 rings (SSSR count). The number of aliphatic carboxylic acids is 1. The molecule has 1 N–H and O–H groups in total. The highest BCUT2D eigenvalue weighted by molar-refractivity contribution is 6.06. The van der Waals surface area contributed by atoms with Crippen LogP contribution in [0, 0.1) is 0 Å². The van der Waals surface area contributed by atoms with Gasteiger partial charge in [-0.1, -0.05) is 6.07 Å². The number of hydrogen-bond donors (Lipinski definition) is 1. The number of carbonyl (C=O) groups is 2. The summed E-state index contributed by atoms with van der Waals surface area (Å²) in [6, 6.07) is 5.63. The lowest BCUT2D eigenvalue weighted by Gasteiger charge is -2.19. The number of rotatable bonds is 5. The minimum atomic E-state index is -1.03. The Kier molecular flexibility index (Phi) is 4.65. The van der Waals surface area contributed by atoms with E-state index < -0.39 is 11.6 Å². The summed E-state index contributed by atoms with van der Waals surface area (Å²) in [7, 11) is 0. The molecule has 2 heterocycles. The summed E-state index contributed by atoms with van der Waals surface area (Å²) in [5.41, 5.74) is 1.97. The fraction of sp³-hybridized carbons (Fsp3) is 0.316. The number of nitrogens with zero attached hydrogens (tertiary/aromatic N) is 4. The average Bonchev–Trinajstić information content (AvgIpc) is 2.91. The smallest absolute Gasteiger partial charge is 0.325 e. The van der Waals surface area contributed by atoms with Gasteiger partial charge in [0.1, 0.15) is 17.8 Å². The van der Waals surface area contributed by atoms with Crippen LogP contribution in [0.2, 0.25) is 0 Å². The number of ether oxygens (including phenoxy) is 1. The van der Waals surface area contributed by atoms with Crippen LogP contribution in [0.3, 0.4) is 0 Å². The summed E-state index contributed by atoms with van der Waals surface area (Å²) in [6.07, 6.45) is 3.29. The largest absolute Gasteiger partial charge is 0.480 e. The van der Waals surface area contributed by atoms with Gasteiger partial charge >= 0.3 is 12.0 Å². The number of carboxylic acid groups (broad SMARTS) is 1. The number of carboxylic acids is 1. The Morgan fingerprint density at radius 2 is 1.81 bits per heavy atom. The Bertz CT molecular complexity index is 1020. The molecule has 3 aromatic rings. The maximum Gasteiger partial charge on any atom is 0.325 e. The third-order valence-corrected chi connectivity index (χ3v) is 3.73. The molecule has 0 saturated carbocycles. The van der Waals surface area contributed by atoms with Crippen LogP contribution in [0.4, 0.5) is 0 Å². The van der Waals surface area contributed by atoms with Crippen molar-refractivity contribution >= 4 is 22.7 Å². The molecule has 0 spiro atoms. The van der Waals surface area contributed by atoms with Gasteiger partial charge in [-0.15, -0.1) is 0 Å². The molecule has 8 nitrogen and oxygen atoms in total. The van der Waals surface area contributed by atoms with Gasteiger partial charge < -0.3 is 9.84 Å². The average molecular weight is 368 g/mol. The van der Waals surface area contributed by atoms with Gasteiger partial charge in [0.05, 0.1) is 5.52 Å². The van der Waals surface area contributed by atoms with Crippen LogP contribution >= 0.6 is 0 Å². The van der Waals surface area contributed by atoms with Gasteiger partial charge in [0, 0.05) is 30.3 Å². The molecule has 8 heteroatoms. The highest BCUT2D eigenvalue weighted by atomic mass is 16.5. The third-order valence-electron chi connectivity index (χ3n) is 3.73. The maximum absolute atomic E-state index is 11.9. The van der Waals surface area contributed by atoms with E-state index >= 15 is 0 Å². The van der Waals surface area contributed by atoms with Gasteiger partial charge in [-0.25, -0.2) is 9.97 Å². The lowest BCUT2D eigenvalue weighted by Crippen LogP contribution is -2.24. The van der Waals surface area contributed by atoms with Gasteiger partial charge in [0.25, 0.3) is 0 Å². The van der Waals surface area contributed by atoms with Crippen molar-refractivity contribution in [1.82, 2.24) is 19.7 Å². The number of Topliss-reactive ketones (excluding diaryl/α,β-unsaturated/α-hetero) is 1. The van der Waals surface area contributed by atoms with Crippen LogP contribution in [-0.2, 0) is 11.3 Å². The highest BCUT2D eigenvalue weighted by Gasteiger charge is 2.17. The minimum absolute atomic E-state index is 0.230. The molecular formula is C19H20N4O4. The summed E-state index contributed by atoms with van der Waals surface area (Å²) >= 11 is 0. The van der Waals surface area contributed by atoms with Crippen molar-refractivity contribution in [2.75, 3.05) is 0 Å². The van der Waals surface area contributed by atoms with E-state index in [0.717, 1.165) is 11.1 Å². The second kappa shape index (κ2) is 6.79. The van der Waals surface area contributed by atoms with E-state index in [2.05, 4.69) is 15.1 Å². The monoisotopic (exact) mass is 368 g/mol. The topological polar surface area (TPSA) is 107 Å². The molecule has 0 aliphatic heterocycles. The molecule has 0 bridgehead atoms. The van der Waals surface area contributed by atoms with Crippen molar-refractivity contribution < 1.29 is 19.4 Å². The van der Waals surface area contributed by atoms with Crippen molar-refractivity contribution in [3.8, 4) is 17.1 Å². The standard InChI is InChI=1S/C19H20N4O4/c1-11(24)17-14-7-12(5-6-15(14)23(22-17)10-16(25)26)13-8-20-18(21-9-13)27-19(2,3)4/h5-9H,10H2,1-4H3,(H,25,26). The first-order valence-electron chi connectivity index (χ1n) is 8.39. The Labute approximate surface area is 155 Å². The summed E-state index contributed by atoms with van der Waals surface area (Å²) in [5, 5.41) is 13.8. The quantitative estimate of drug-likeness (QED) is 0.690. The fourth-order valence-electron chi connectivity index (χ4n) is 2.66.